The number of aromatic nitrogens is 2. The molecular formula is C16H14F2N6O2S. The van der Waals surface area contributed by atoms with E-state index in [1.165, 1.54) is 35.7 Å². The number of ether oxygens (including phenoxy) is 1. The number of nitrogens with two attached hydrogens (primary N) is 2. The maximum Gasteiger partial charge on any atom is 0.387 e. The molecule has 140 valence electrons. The first-order valence-corrected chi connectivity index (χ1v) is 8.39. The molecule has 27 heavy (non-hydrogen) atoms. The van der Waals surface area contributed by atoms with Gasteiger partial charge in [-0.05, 0) is 29.6 Å². The zero-order valence-corrected chi connectivity index (χ0v) is 14.5. The van der Waals surface area contributed by atoms with Gasteiger partial charge in [-0.25, -0.2) is 4.98 Å². The molecule has 0 spiro atoms. The lowest BCUT2D eigenvalue weighted by Gasteiger charge is -2.13. The van der Waals surface area contributed by atoms with Gasteiger partial charge in [-0.3, -0.25) is 4.79 Å². The highest BCUT2D eigenvalue weighted by Crippen LogP contribution is 2.31. The van der Waals surface area contributed by atoms with E-state index >= 15 is 0 Å². The molecule has 0 aliphatic rings. The lowest BCUT2D eigenvalue weighted by molar-refractivity contribution is -0.0493. The number of halogens is 2. The van der Waals surface area contributed by atoms with Gasteiger partial charge in [0.25, 0.3) is 5.91 Å². The minimum atomic E-state index is -3.01. The van der Waals surface area contributed by atoms with Crippen molar-refractivity contribution in [1.29, 1.82) is 0 Å². The summed E-state index contributed by atoms with van der Waals surface area (Å²) in [7, 11) is 0. The Morgan fingerprint density at radius 3 is 2.74 bits per heavy atom. The maximum absolute atomic E-state index is 12.6. The van der Waals surface area contributed by atoms with Crippen LogP contribution < -0.4 is 26.8 Å². The first kappa shape index (κ1) is 18.3. The van der Waals surface area contributed by atoms with Gasteiger partial charge in [-0.2, -0.15) is 13.8 Å². The van der Waals surface area contributed by atoms with Crippen molar-refractivity contribution in [2.24, 2.45) is 5.73 Å². The zero-order valence-electron chi connectivity index (χ0n) is 13.6. The number of carbonyl (C=O) groups is 1. The smallest absolute Gasteiger partial charge is 0.387 e. The number of nitrogens with one attached hydrogen (secondary N) is 2. The van der Waals surface area contributed by atoms with E-state index in [1.807, 2.05) is 0 Å². The van der Waals surface area contributed by atoms with Crippen molar-refractivity contribution in [3.63, 3.8) is 0 Å². The number of benzene rings is 1. The van der Waals surface area contributed by atoms with Gasteiger partial charge in [0.1, 0.15) is 10.7 Å². The quantitative estimate of drug-likeness (QED) is 0.454. The Morgan fingerprint density at radius 2 is 2.00 bits per heavy atom. The SMILES string of the molecule is NC(=O)c1sccc1Nc1ccnc(Nc2ccc(N)cc2OC(F)F)n1. The van der Waals surface area contributed by atoms with Crippen LogP contribution in [0.25, 0.3) is 0 Å². The molecule has 0 fully saturated rings. The average molecular weight is 392 g/mol. The van der Waals surface area contributed by atoms with Crippen LogP contribution in [0.1, 0.15) is 9.67 Å². The third-order valence-electron chi connectivity index (χ3n) is 3.28. The topological polar surface area (TPSA) is 128 Å². The van der Waals surface area contributed by atoms with Gasteiger partial charge in [0.15, 0.2) is 5.75 Å². The van der Waals surface area contributed by atoms with Crippen molar-refractivity contribution in [2.45, 2.75) is 6.61 Å². The van der Waals surface area contributed by atoms with Gasteiger partial charge < -0.3 is 26.8 Å². The molecule has 0 saturated carbocycles. The van der Waals surface area contributed by atoms with Crippen molar-refractivity contribution >= 4 is 46.1 Å². The fourth-order valence-corrected chi connectivity index (χ4v) is 2.88. The van der Waals surface area contributed by atoms with E-state index in [2.05, 4.69) is 25.3 Å². The second-order valence-electron chi connectivity index (χ2n) is 5.18. The highest BCUT2D eigenvalue weighted by atomic mass is 32.1. The summed E-state index contributed by atoms with van der Waals surface area (Å²) in [5.41, 5.74) is 11.9. The Bertz CT molecular complexity index is 966. The molecule has 0 unspecified atom stereocenters. The Morgan fingerprint density at radius 1 is 1.19 bits per heavy atom. The van der Waals surface area contributed by atoms with Crippen molar-refractivity contribution in [3.05, 3.63) is 46.8 Å². The summed E-state index contributed by atoms with van der Waals surface area (Å²) in [5.74, 6) is -0.198. The molecule has 0 saturated heterocycles. The first-order chi connectivity index (χ1) is 12.9. The lowest BCUT2D eigenvalue weighted by Crippen LogP contribution is -2.11. The molecule has 2 aromatic heterocycles. The number of rotatable bonds is 7. The molecule has 0 aliphatic heterocycles. The molecule has 11 heteroatoms. The molecule has 0 radical (unpaired) electrons. The molecule has 0 atom stereocenters. The number of thiophene rings is 1. The number of hydrogen-bond donors (Lipinski definition) is 4. The molecule has 3 rings (SSSR count). The van der Waals surface area contributed by atoms with Crippen LogP contribution in [0.4, 0.5) is 37.6 Å². The minimum Gasteiger partial charge on any atom is -0.433 e. The lowest BCUT2D eigenvalue weighted by atomic mass is 10.2. The number of primary amides is 1. The standard InChI is InChI=1S/C16H14F2N6O2S/c17-15(18)26-11-7-8(19)1-2-9(11)23-16-21-5-3-12(24-16)22-10-4-6-27-13(10)14(20)25/h1-7,15H,19H2,(H2,20,25)(H2,21,22,23,24). The summed E-state index contributed by atoms with van der Waals surface area (Å²) in [4.78, 5) is 20.0. The van der Waals surface area contributed by atoms with Crippen LogP contribution in [0.15, 0.2) is 41.9 Å². The third kappa shape index (κ3) is 4.58. The predicted molar refractivity (Wildman–Crippen MR) is 98.9 cm³/mol. The third-order valence-corrected chi connectivity index (χ3v) is 4.20. The predicted octanol–water partition coefficient (Wildman–Crippen LogP) is 3.31. The van der Waals surface area contributed by atoms with Gasteiger partial charge in [-0.15, -0.1) is 11.3 Å². The van der Waals surface area contributed by atoms with Crippen molar-refractivity contribution in [3.8, 4) is 5.75 Å². The van der Waals surface area contributed by atoms with E-state index in [1.54, 1.807) is 17.5 Å². The van der Waals surface area contributed by atoms with Gasteiger partial charge >= 0.3 is 6.61 Å². The monoisotopic (exact) mass is 392 g/mol. The Balaban J connectivity index is 1.82. The number of nitrogen functional groups attached to an aromatic ring is 1. The van der Waals surface area contributed by atoms with Crippen LogP contribution in [-0.4, -0.2) is 22.5 Å². The van der Waals surface area contributed by atoms with Crippen molar-refractivity contribution < 1.29 is 18.3 Å². The van der Waals surface area contributed by atoms with E-state index in [9.17, 15) is 13.6 Å². The van der Waals surface area contributed by atoms with Crippen LogP contribution in [0.2, 0.25) is 0 Å². The van der Waals surface area contributed by atoms with E-state index in [0.717, 1.165) is 0 Å². The molecule has 1 aromatic carbocycles. The molecule has 1 amide bonds. The second-order valence-corrected chi connectivity index (χ2v) is 6.09. The average Bonchev–Trinajstić information content (AvgIpc) is 3.05. The van der Waals surface area contributed by atoms with Crippen LogP contribution in [0.5, 0.6) is 5.75 Å². The van der Waals surface area contributed by atoms with Crippen LogP contribution in [-0.2, 0) is 0 Å². The summed E-state index contributed by atoms with van der Waals surface area (Å²) in [6, 6.07) is 7.52. The van der Waals surface area contributed by atoms with Crippen LogP contribution >= 0.6 is 11.3 Å². The highest BCUT2D eigenvalue weighted by Gasteiger charge is 2.13. The fraction of sp³-hybridized carbons (Fsp3) is 0.0625. The number of amides is 1. The van der Waals surface area contributed by atoms with E-state index < -0.39 is 12.5 Å². The number of hydrogen-bond acceptors (Lipinski definition) is 8. The summed E-state index contributed by atoms with van der Waals surface area (Å²) >= 11 is 1.20. The molecule has 2 heterocycles. The zero-order chi connectivity index (χ0) is 19.4. The molecule has 0 bridgehead atoms. The highest BCUT2D eigenvalue weighted by molar-refractivity contribution is 7.12. The van der Waals surface area contributed by atoms with Crippen LogP contribution in [0.3, 0.4) is 0 Å². The van der Waals surface area contributed by atoms with Crippen LogP contribution in [0, 0.1) is 0 Å². The summed E-state index contributed by atoms with van der Waals surface area (Å²) in [6.07, 6.45) is 1.46. The summed E-state index contributed by atoms with van der Waals surface area (Å²) in [5, 5.41) is 7.47. The maximum atomic E-state index is 12.6. The number of anilines is 5. The van der Waals surface area contributed by atoms with Crippen molar-refractivity contribution in [1.82, 2.24) is 9.97 Å². The summed E-state index contributed by atoms with van der Waals surface area (Å²) < 4.78 is 29.6. The minimum absolute atomic E-state index is 0.125. The van der Waals surface area contributed by atoms with Gasteiger partial charge in [0.05, 0.1) is 11.4 Å². The molecule has 0 aliphatic carbocycles. The van der Waals surface area contributed by atoms with E-state index in [0.29, 0.717) is 16.4 Å². The van der Waals surface area contributed by atoms with Crippen molar-refractivity contribution in [2.75, 3.05) is 16.4 Å². The normalized spacial score (nSPS) is 10.6. The fourth-order valence-electron chi connectivity index (χ4n) is 2.18. The first-order valence-electron chi connectivity index (χ1n) is 7.51. The Labute approximate surface area is 156 Å². The molecular weight excluding hydrogens is 378 g/mol. The largest absolute Gasteiger partial charge is 0.433 e. The van der Waals surface area contributed by atoms with E-state index in [-0.39, 0.29) is 23.1 Å². The van der Waals surface area contributed by atoms with Gasteiger partial charge in [-0.1, -0.05) is 0 Å². The molecule has 3 aromatic rings. The molecule has 8 nitrogen and oxygen atoms in total. The number of carbonyl (C=O) groups excluding carboxylic acids is 1. The molecule has 6 N–H and O–H groups in total. The number of nitrogens with zero attached hydrogens (tertiary/aromatic N) is 2. The van der Waals surface area contributed by atoms with E-state index in [4.69, 9.17) is 11.5 Å². The number of alkyl halides is 2. The Kier molecular flexibility index (Phi) is 5.31. The summed E-state index contributed by atoms with van der Waals surface area (Å²) in [6.45, 7) is -3.01. The van der Waals surface area contributed by atoms with Gasteiger partial charge in [0, 0.05) is 18.0 Å². The second kappa shape index (κ2) is 7.83. The van der Waals surface area contributed by atoms with Gasteiger partial charge in [0.2, 0.25) is 5.95 Å². The Hall–Kier alpha value is -3.47.